The molecule has 0 aromatic rings. The zero-order chi connectivity index (χ0) is 14.9. The smallest absolute Gasteiger partial charge is 0.0601 e. The lowest BCUT2D eigenvalue weighted by Gasteiger charge is -2.47. The molecule has 0 aromatic carbocycles. The summed E-state index contributed by atoms with van der Waals surface area (Å²) in [7, 11) is 0. The quantitative estimate of drug-likeness (QED) is 0.543. The highest BCUT2D eigenvalue weighted by molar-refractivity contribution is 4.88. The SMILES string of the molecule is CCCCCCCCC(CCC)NC1CC2CCN1CC2. The summed E-state index contributed by atoms with van der Waals surface area (Å²) >= 11 is 0. The van der Waals surface area contributed by atoms with E-state index in [9.17, 15) is 0 Å². The van der Waals surface area contributed by atoms with Gasteiger partial charge in [0, 0.05) is 6.04 Å². The first-order valence-electron chi connectivity index (χ1n) is 9.83. The van der Waals surface area contributed by atoms with Gasteiger partial charge in [0.2, 0.25) is 0 Å². The van der Waals surface area contributed by atoms with Crippen LogP contribution in [-0.4, -0.2) is 30.2 Å². The van der Waals surface area contributed by atoms with E-state index in [0.29, 0.717) is 6.17 Å². The third-order valence-electron chi connectivity index (χ3n) is 5.62. The van der Waals surface area contributed by atoms with Gasteiger partial charge in [-0.25, -0.2) is 0 Å². The zero-order valence-corrected chi connectivity index (χ0v) is 14.6. The van der Waals surface area contributed by atoms with E-state index in [1.54, 1.807) is 0 Å². The molecule has 1 N–H and O–H groups in total. The molecule has 3 aliphatic heterocycles. The van der Waals surface area contributed by atoms with Gasteiger partial charge in [0.15, 0.2) is 0 Å². The van der Waals surface area contributed by atoms with Crippen LogP contribution in [0.3, 0.4) is 0 Å². The molecule has 3 saturated heterocycles. The Labute approximate surface area is 133 Å². The molecule has 0 aliphatic carbocycles. The number of unbranched alkanes of at least 4 members (excludes halogenated alkanes) is 5. The molecule has 2 nitrogen and oxygen atoms in total. The van der Waals surface area contributed by atoms with Crippen molar-refractivity contribution in [2.75, 3.05) is 13.1 Å². The number of nitrogens with one attached hydrogen (secondary N) is 1. The van der Waals surface area contributed by atoms with E-state index in [0.717, 1.165) is 12.0 Å². The Balaban J connectivity index is 1.64. The van der Waals surface area contributed by atoms with Gasteiger partial charge in [-0.2, -0.15) is 0 Å². The monoisotopic (exact) mass is 294 g/mol. The molecule has 0 spiro atoms. The minimum atomic E-state index is 0.703. The molecule has 2 heteroatoms. The van der Waals surface area contributed by atoms with Crippen LogP contribution in [0.15, 0.2) is 0 Å². The molecule has 3 aliphatic rings. The molecule has 0 saturated carbocycles. The van der Waals surface area contributed by atoms with E-state index in [-0.39, 0.29) is 0 Å². The third-order valence-corrected chi connectivity index (χ3v) is 5.62. The highest BCUT2D eigenvalue weighted by Crippen LogP contribution is 2.31. The normalized spacial score (nSPS) is 29.7. The van der Waals surface area contributed by atoms with Crippen molar-refractivity contribution in [1.29, 1.82) is 0 Å². The summed E-state index contributed by atoms with van der Waals surface area (Å²) in [4.78, 5) is 2.71. The van der Waals surface area contributed by atoms with Crippen LogP contribution in [0, 0.1) is 5.92 Å². The highest BCUT2D eigenvalue weighted by atomic mass is 15.3. The summed E-state index contributed by atoms with van der Waals surface area (Å²) in [6.45, 7) is 7.33. The molecule has 0 amide bonds. The second-order valence-electron chi connectivity index (χ2n) is 7.44. The molecule has 3 fully saturated rings. The lowest BCUT2D eigenvalue weighted by Crippen LogP contribution is -2.57. The first kappa shape index (κ1) is 17.3. The zero-order valence-electron chi connectivity index (χ0n) is 14.6. The summed E-state index contributed by atoms with van der Waals surface area (Å²) in [5.41, 5.74) is 0. The summed E-state index contributed by atoms with van der Waals surface area (Å²) < 4.78 is 0. The van der Waals surface area contributed by atoms with Gasteiger partial charge in [0.1, 0.15) is 0 Å². The Bertz CT molecular complexity index is 258. The van der Waals surface area contributed by atoms with E-state index in [1.807, 2.05) is 0 Å². The largest absolute Gasteiger partial charge is 0.299 e. The van der Waals surface area contributed by atoms with Gasteiger partial charge < -0.3 is 0 Å². The van der Waals surface area contributed by atoms with Crippen LogP contribution in [0.4, 0.5) is 0 Å². The first-order valence-corrected chi connectivity index (χ1v) is 9.83. The molecule has 21 heavy (non-hydrogen) atoms. The molecular weight excluding hydrogens is 256 g/mol. The second kappa shape index (κ2) is 9.84. The summed E-state index contributed by atoms with van der Waals surface area (Å²) in [6, 6.07) is 0.769. The molecule has 0 radical (unpaired) electrons. The fourth-order valence-electron chi connectivity index (χ4n) is 4.24. The minimum Gasteiger partial charge on any atom is -0.299 e. The molecule has 3 rings (SSSR count). The fourth-order valence-corrected chi connectivity index (χ4v) is 4.24. The number of nitrogens with zero attached hydrogens (tertiary/aromatic N) is 1. The average molecular weight is 295 g/mol. The van der Waals surface area contributed by atoms with Gasteiger partial charge in [-0.1, -0.05) is 58.8 Å². The molecular formula is C19H38N2. The summed E-state index contributed by atoms with van der Waals surface area (Å²) in [6.07, 6.45) is 17.7. The number of hydrogen-bond acceptors (Lipinski definition) is 2. The lowest BCUT2D eigenvalue weighted by molar-refractivity contribution is 0.0232. The molecule has 3 heterocycles. The Morgan fingerprint density at radius 1 is 0.905 bits per heavy atom. The van der Waals surface area contributed by atoms with E-state index in [4.69, 9.17) is 0 Å². The predicted octanol–water partition coefficient (Wildman–Crippen LogP) is 4.94. The summed E-state index contributed by atoms with van der Waals surface area (Å²) in [5.74, 6) is 1.02. The molecule has 2 bridgehead atoms. The lowest BCUT2D eigenvalue weighted by atomic mass is 9.86. The number of hydrogen-bond donors (Lipinski definition) is 1. The van der Waals surface area contributed by atoms with Crippen molar-refractivity contribution in [3.05, 3.63) is 0 Å². The maximum absolute atomic E-state index is 4.02. The third kappa shape index (κ3) is 5.90. The van der Waals surface area contributed by atoms with Gasteiger partial charge in [-0.3, -0.25) is 10.2 Å². The molecule has 2 atom stereocenters. The Kier molecular flexibility index (Phi) is 8.10. The van der Waals surface area contributed by atoms with Crippen molar-refractivity contribution in [3.8, 4) is 0 Å². The van der Waals surface area contributed by atoms with Crippen molar-refractivity contribution in [3.63, 3.8) is 0 Å². The first-order chi connectivity index (χ1) is 10.3. The van der Waals surface area contributed by atoms with Gasteiger partial charge in [-0.15, -0.1) is 0 Å². The molecule has 124 valence electrons. The van der Waals surface area contributed by atoms with Crippen LogP contribution >= 0.6 is 0 Å². The fraction of sp³-hybridized carbons (Fsp3) is 1.00. The molecule has 0 aromatic heterocycles. The van der Waals surface area contributed by atoms with Gasteiger partial charge in [0.25, 0.3) is 0 Å². The van der Waals surface area contributed by atoms with Gasteiger partial charge in [-0.05, 0) is 51.1 Å². The predicted molar refractivity (Wildman–Crippen MR) is 92.5 cm³/mol. The van der Waals surface area contributed by atoms with E-state index >= 15 is 0 Å². The maximum Gasteiger partial charge on any atom is 0.0601 e. The topological polar surface area (TPSA) is 15.3 Å². The van der Waals surface area contributed by atoms with E-state index in [1.165, 1.54) is 90.1 Å². The van der Waals surface area contributed by atoms with Crippen LogP contribution in [0.25, 0.3) is 0 Å². The van der Waals surface area contributed by atoms with E-state index in [2.05, 4.69) is 24.1 Å². The summed E-state index contributed by atoms with van der Waals surface area (Å²) in [5, 5.41) is 4.02. The minimum absolute atomic E-state index is 0.703. The average Bonchev–Trinajstić information content (AvgIpc) is 2.52. The van der Waals surface area contributed by atoms with Crippen LogP contribution in [0.1, 0.15) is 90.9 Å². The second-order valence-corrected chi connectivity index (χ2v) is 7.44. The van der Waals surface area contributed by atoms with Crippen LogP contribution < -0.4 is 5.32 Å². The number of fused-ring (bicyclic) bond motifs is 3. The highest BCUT2D eigenvalue weighted by Gasteiger charge is 2.34. The van der Waals surface area contributed by atoms with E-state index < -0.39 is 0 Å². The number of rotatable bonds is 11. The Morgan fingerprint density at radius 2 is 1.62 bits per heavy atom. The van der Waals surface area contributed by atoms with Gasteiger partial charge in [0.05, 0.1) is 6.17 Å². The van der Waals surface area contributed by atoms with Crippen molar-refractivity contribution in [2.45, 2.75) is 103 Å². The van der Waals surface area contributed by atoms with Crippen molar-refractivity contribution < 1.29 is 0 Å². The number of piperidine rings is 3. The van der Waals surface area contributed by atoms with Crippen LogP contribution in [0.2, 0.25) is 0 Å². The van der Waals surface area contributed by atoms with Crippen LogP contribution in [0.5, 0.6) is 0 Å². The Morgan fingerprint density at radius 3 is 2.24 bits per heavy atom. The maximum atomic E-state index is 4.02. The van der Waals surface area contributed by atoms with Crippen molar-refractivity contribution >= 4 is 0 Å². The standard InChI is InChI=1S/C19H38N2/c1-3-5-6-7-8-9-11-18(10-4-2)20-19-16-17-12-14-21(19)15-13-17/h17-20H,3-16H2,1-2H3. The van der Waals surface area contributed by atoms with Gasteiger partial charge >= 0.3 is 0 Å². The van der Waals surface area contributed by atoms with Crippen LogP contribution in [-0.2, 0) is 0 Å². The molecule has 2 unspecified atom stereocenters. The Hall–Kier alpha value is -0.0800. The van der Waals surface area contributed by atoms with Crippen molar-refractivity contribution in [1.82, 2.24) is 10.2 Å². The van der Waals surface area contributed by atoms with Crippen molar-refractivity contribution in [2.24, 2.45) is 5.92 Å².